The average Bonchev–Trinajstić information content (AvgIpc) is 3.05. The quantitative estimate of drug-likeness (QED) is 0.779. The largest absolute Gasteiger partial charge is 0.484 e. The standard InChI is InChI=1S/C18H17N3O3/c1-12-8-9-15(10-13(12)2)23-11-16(22)19-18-20-17(24-21-18)14-6-4-3-5-7-14/h3-10H,11H2,1-2H3,(H,19,21,22). The lowest BCUT2D eigenvalue weighted by Gasteiger charge is -2.07. The monoisotopic (exact) mass is 323 g/mol. The van der Waals surface area contributed by atoms with E-state index in [2.05, 4.69) is 15.5 Å². The molecule has 0 aliphatic carbocycles. The summed E-state index contributed by atoms with van der Waals surface area (Å²) in [7, 11) is 0. The minimum absolute atomic E-state index is 0.113. The van der Waals surface area contributed by atoms with Crippen LogP contribution < -0.4 is 10.1 Å². The summed E-state index contributed by atoms with van der Waals surface area (Å²) in [4.78, 5) is 16.1. The fourth-order valence-electron chi connectivity index (χ4n) is 2.09. The number of ether oxygens (including phenoxy) is 1. The van der Waals surface area contributed by atoms with Crippen LogP contribution in [0.15, 0.2) is 53.1 Å². The summed E-state index contributed by atoms with van der Waals surface area (Å²) in [6.07, 6.45) is 0. The molecule has 6 heteroatoms. The molecule has 0 fully saturated rings. The number of aryl methyl sites for hydroxylation is 2. The molecule has 3 aromatic rings. The molecule has 6 nitrogen and oxygen atoms in total. The van der Waals surface area contributed by atoms with E-state index in [1.165, 1.54) is 5.56 Å². The van der Waals surface area contributed by atoms with Crippen LogP contribution in [0.25, 0.3) is 11.5 Å². The van der Waals surface area contributed by atoms with Gasteiger partial charge in [-0.1, -0.05) is 24.3 Å². The van der Waals surface area contributed by atoms with E-state index in [0.29, 0.717) is 11.6 Å². The molecule has 0 saturated carbocycles. The molecule has 1 amide bonds. The van der Waals surface area contributed by atoms with Crippen LogP contribution in [0, 0.1) is 13.8 Å². The molecule has 0 aliphatic rings. The number of hydrogen-bond acceptors (Lipinski definition) is 5. The third-order valence-corrected chi connectivity index (χ3v) is 3.55. The van der Waals surface area contributed by atoms with Crippen molar-refractivity contribution < 1.29 is 14.1 Å². The first kappa shape index (κ1) is 15.7. The van der Waals surface area contributed by atoms with E-state index in [-0.39, 0.29) is 18.5 Å². The van der Waals surface area contributed by atoms with Gasteiger partial charge in [0.1, 0.15) is 5.75 Å². The second-order valence-electron chi connectivity index (χ2n) is 5.37. The number of anilines is 1. The first-order valence-corrected chi connectivity index (χ1v) is 7.51. The highest BCUT2D eigenvalue weighted by atomic mass is 16.5. The Morgan fingerprint density at radius 1 is 1.12 bits per heavy atom. The van der Waals surface area contributed by atoms with Crippen LogP contribution >= 0.6 is 0 Å². The third-order valence-electron chi connectivity index (χ3n) is 3.55. The molecule has 0 bridgehead atoms. The van der Waals surface area contributed by atoms with Gasteiger partial charge in [-0.15, -0.1) is 0 Å². The van der Waals surface area contributed by atoms with E-state index in [4.69, 9.17) is 9.26 Å². The fraction of sp³-hybridized carbons (Fsp3) is 0.167. The number of carbonyl (C=O) groups excluding carboxylic acids is 1. The number of nitrogens with zero attached hydrogens (tertiary/aromatic N) is 2. The number of nitrogens with one attached hydrogen (secondary N) is 1. The SMILES string of the molecule is Cc1ccc(OCC(=O)Nc2noc(-c3ccccc3)n2)cc1C. The molecular formula is C18H17N3O3. The lowest BCUT2D eigenvalue weighted by atomic mass is 10.1. The molecule has 0 unspecified atom stereocenters. The van der Waals surface area contributed by atoms with Crippen molar-refractivity contribution in [2.75, 3.05) is 11.9 Å². The zero-order valence-electron chi connectivity index (χ0n) is 13.4. The minimum Gasteiger partial charge on any atom is -0.484 e. The maximum absolute atomic E-state index is 11.9. The number of rotatable bonds is 5. The molecule has 0 saturated heterocycles. The predicted octanol–water partition coefficient (Wildman–Crippen LogP) is 3.37. The Labute approximate surface area is 139 Å². The lowest BCUT2D eigenvalue weighted by molar-refractivity contribution is -0.118. The third kappa shape index (κ3) is 3.78. The highest BCUT2D eigenvalue weighted by Crippen LogP contribution is 2.18. The Hall–Kier alpha value is -3.15. The molecule has 0 radical (unpaired) electrons. The van der Waals surface area contributed by atoms with Gasteiger partial charge in [-0.3, -0.25) is 10.1 Å². The van der Waals surface area contributed by atoms with Crippen molar-refractivity contribution >= 4 is 11.9 Å². The van der Waals surface area contributed by atoms with Crippen molar-refractivity contribution in [2.45, 2.75) is 13.8 Å². The fourth-order valence-corrected chi connectivity index (χ4v) is 2.09. The van der Waals surface area contributed by atoms with Gasteiger partial charge in [0.2, 0.25) is 0 Å². The highest BCUT2D eigenvalue weighted by Gasteiger charge is 2.11. The second kappa shape index (κ2) is 6.95. The Balaban J connectivity index is 1.57. The highest BCUT2D eigenvalue weighted by molar-refractivity contribution is 5.90. The summed E-state index contributed by atoms with van der Waals surface area (Å²) in [6, 6.07) is 15.0. The number of hydrogen-bond donors (Lipinski definition) is 1. The lowest BCUT2D eigenvalue weighted by Crippen LogP contribution is -2.20. The Morgan fingerprint density at radius 3 is 2.67 bits per heavy atom. The molecule has 0 aliphatic heterocycles. The van der Waals surface area contributed by atoms with E-state index in [1.807, 2.05) is 62.4 Å². The molecule has 2 aromatic carbocycles. The molecular weight excluding hydrogens is 306 g/mol. The summed E-state index contributed by atoms with van der Waals surface area (Å²) in [5, 5.41) is 6.29. The Bertz CT molecular complexity index is 844. The Kier molecular flexibility index (Phi) is 4.56. The average molecular weight is 323 g/mol. The summed E-state index contributed by atoms with van der Waals surface area (Å²) >= 11 is 0. The summed E-state index contributed by atoms with van der Waals surface area (Å²) in [6.45, 7) is 3.89. The van der Waals surface area contributed by atoms with E-state index in [0.717, 1.165) is 11.1 Å². The van der Waals surface area contributed by atoms with Crippen LogP contribution in [0.3, 0.4) is 0 Å². The number of carbonyl (C=O) groups is 1. The number of benzene rings is 2. The van der Waals surface area contributed by atoms with Crippen LogP contribution in [-0.4, -0.2) is 22.7 Å². The van der Waals surface area contributed by atoms with Gasteiger partial charge in [-0.05, 0) is 54.4 Å². The molecule has 0 spiro atoms. The van der Waals surface area contributed by atoms with Gasteiger partial charge in [0.15, 0.2) is 6.61 Å². The van der Waals surface area contributed by atoms with Gasteiger partial charge >= 0.3 is 0 Å². The first-order chi connectivity index (χ1) is 11.6. The van der Waals surface area contributed by atoms with Gasteiger partial charge in [-0.2, -0.15) is 4.98 Å². The zero-order chi connectivity index (χ0) is 16.9. The second-order valence-corrected chi connectivity index (χ2v) is 5.37. The van der Waals surface area contributed by atoms with Crippen molar-refractivity contribution in [1.29, 1.82) is 0 Å². The van der Waals surface area contributed by atoms with E-state index < -0.39 is 0 Å². The van der Waals surface area contributed by atoms with Gasteiger partial charge < -0.3 is 9.26 Å². The topological polar surface area (TPSA) is 77.2 Å². The van der Waals surface area contributed by atoms with E-state index >= 15 is 0 Å². The van der Waals surface area contributed by atoms with Crippen LogP contribution in [0.5, 0.6) is 5.75 Å². The smallest absolute Gasteiger partial charge is 0.270 e. The van der Waals surface area contributed by atoms with Crippen molar-refractivity contribution in [1.82, 2.24) is 10.1 Å². The minimum atomic E-state index is -0.353. The zero-order valence-corrected chi connectivity index (χ0v) is 13.4. The molecule has 1 aromatic heterocycles. The summed E-state index contributed by atoms with van der Waals surface area (Å²) in [5.41, 5.74) is 3.07. The van der Waals surface area contributed by atoms with Gasteiger partial charge in [0.05, 0.1) is 0 Å². The Morgan fingerprint density at radius 2 is 1.92 bits per heavy atom. The van der Waals surface area contributed by atoms with E-state index in [1.54, 1.807) is 0 Å². The summed E-state index contributed by atoms with van der Waals surface area (Å²) < 4.78 is 10.6. The molecule has 24 heavy (non-hydrogen) atoms. The van der Waals surface area contributed by atoms with Crippen LogP contribution in [0.2, 0.25) is 0 Å². The molecule has 122 valence electrons. The van der Waals surface area contributed by atoms with Gasteiger partial charge in [0.25, 0.3) is 17.7 Å². The molecule has 3 rings (SSSR count). The predicted molar refractivity (Wildman–Crippen MR) is 89.8 cm³/mol. The van der Waals surface area contributed by atoms with Crippen molar-refractivity contribution in [3.8, 4) is 17.2 Å². The van der Waals surface area contributed by atoms with Crippen molar-refractivity contribution in [3.63, 3.8) is 0 Å². The molecule has 0 atom stereocenters. The van der Waals surface area contributed by atoms with Crippen LogP contribution in [0.1, 0.15) is 11.1 Å². The summed E-state index contributed by atoms with van der Waals surface area (Å²) in [5.74, 6) is 0.753. The van der Waals surface area contributed by atoms with E-state index in [9.17, 15) is 4.79 Å². The maximum Gasteiger partial charge on any atom is 0.270 e. The number of aromatic nitrogens is 2. The first-order valence-electron chi connectivity index (χ1n) is 7.51. The van der Waals surface area contributed by atoms with Crippen molar-refractivity contribution in [3.05, 3.63) is 59.7 Å². The maximum atomic E-state index is 11.9. The van der Waals surface area contributed by atoms with Crippen LogP contribution in [0.4, 0.5) is 5.95 Å². The molecule has 1 heterocycles. The number of amides is 1. The molecule has 1 N–H and O–H groups in total. The van der Waals surface area contributed by atoms with Crippen molar-refractivity contribution in [2.24, 2.45) is 0 Å². The normalized spacial score (nSPS) is 10.4. The van der Waals surface area contributed by atoms with Gasteiger partial charge in [-0.25, -0.2) is 0 Å². The van der Waals surface area contributed by atoms with Gasteiger partial charge in [0, 0.05) is 5.56 Å². The van der Waals surface area contributed by atoms with Crippen LogP contribution in [-0.2, 0) is 4.79 Å².